The Kier molecular flexibility index (Phi) is 5.61. The molecule has 0 aromatic rings. The molecule has 0 heterocycles. The van der Waals surface area contributed by atoms with Crippen molar-refractivity contribution in [1.82, 2.24) is 10.6 Å². The SMILES string of the molecule is CC(=O)NCC(=O)NC(C(=O)O)C1CCCCC1. The van der Waals surface area contributed by atoms with Crippen molar-refractivity contribution in [2.45, 2.75) is 45.1 Å². The van der Waals surface area contributed by atoms with Crippen LogP contribution in [0.2, 0.25) is 0 Å². The number of aliphatic carboxylic acids is 1. The molecule has 1 fully saturated rings. The van der Waals surface area contributed by atoms with Crippen LogP contribution in [0.3, 0.4) is 0 Å². The minimum atomic E-state index is -1.00. The van der Waals surface area contributed by atoms with Gasteiger partial charge in [0.2, 0.25) is 11.8 Å². The van der Waals surface area contributed by atoms with Crippen LogP contribution in [-0.4, -0.2) is 35.5 Å². The lowest BCUT2D eigenvalue weighted by Crippen LogP contribution is -2.49. The zero-order valence-corrected chi connectivity index (χ0v) is 10.6. The Morgan fingerprint density at radius 2 is 1.83 bits per heavy atom. The average Bonchev–Trinajstić information content (AvgIpc) is 2.34. The molecule has 0 aromatic carbocycles. The fourth-order valence-electron chi connectivity index (χ4n) is 2.28. The first kappa shape index (κ1) is 14.5. The molecule has 1 unspecified atom stereocenters. The fourth-order valence-corrected chi connectivity index (χ4v) is 2.28. The highest BCUT2D eigenvalue weighted by molar-refractivity contribution is 5.87. The van der Waals surface area contributed by atoms with E-state index in [0.29, 0.717) is 0 Å². The summed E-state index contributed by atoms with van der Waals surface area (Å²) in [6, 6.07) is -0.841. The van der Waals surface area contributed by atoms with Gasteiger partial charge in [-0.25, -0.2) is 4.79 Å². The van der Waals surface area contributed by atoms with Crippen LogP contribution in [0, 0.1) is 5.92 Å². The van der Waals surface area contributed by atoms with Crippen molar-refractivity contribution in [3.8, 4) is 0 Å². The quantitative estimate of drug-likeness (QED) is 0.658. The van der Waals surface area contributed by atoms with Crippen molar-refractivity contribution >= 4 is 17.8 Å². The van der Waals surface area contributed by atoms with Gasteiger partial charge in [-0.05, 0) is 18.8 Å². The third kappa shape index (κ3) is 4.73. The minimum absolute atomic E-state index is 0.00229. The number of amides is 2. The third-order valence-electron chi connectivity index (χ3n) is 3.20. The number of carboxylic acid groups (broad SMARTS) is 1. The van der Waals surface area contributed by atoms with Gasteiger partial charge in [-0.15, -0.1) is 0 Å². The van der Waals surface area contributed by atoms with Crippen molar-refractivity contribution in [2.24, 2.45) is 5.92 Å². The van der Waals surface area contributed by atoms with Gasteiger partial charge < -0.3 is 15.7 Å². The molecule has 6 nitrogen and oxygen atoms in total. The lowest BCUT2D eigenvalue weighted by atomic mass is 9.84. The zero-order chi connectivity index (χ0) is 13.5. The Bertz CT molecular complexity index is 324. The number of carbonyl (C=O) groups is 3. The fraction of sp³-hybridized carbons (Fsp3) is 0.750. The first-order valence-corrected chi connectivity index (χ1v) is 6.27. The third-order valence-corrected chi connectivity index (χ3v) is 3.20. The molecule has 1 rings (SSSR count). The monoisotopic (exact) mass is 256 g/mol. The Morgan fingerprint density at radius 3 is 2.33 bits per heavy atom. The van der Waals surface area contributed by atoms with E-state index in [-0.39, 0.29) is 18.4 Å². The van der Waals surface area contributed by atoms with E-state index in [1.165, 1.54) is 6.92 Å². The summed E-state index contributed by atoms with van der Waals surface area (Å²) in [5, 5.41) is 14.0. The second-order valence-corrected chi connectivity index (χ2v) is 4.69. The van der Waals surface area contributed by atoms with E-state index in [0.717, 1.165) is 32.1 Å². The van der Waals surface area contributed by atoms with Crippen molar-refractivity contribution in [2.75, 3.05) is 6.54 Å². The lowest BCUT2D eigenvalue weighted by molar-refractivity contribution is -0.143. The van der Waals surface area contributed by atoms with Gasteiger partial charge in [0.1, 0.15) is 6.04 Å². The van der Waals surface area contributed by atoms with E-state index in [2.05, 4.69) is 10.6 Å². The molecule has 0 spiro atoms. The van der Waals surface area contributed by atoms with Gasteiger partial charge in [-0.2, -0.15) is 0 Å². The largest absolute Gasteiger partial charge is 0.480 e. The maximum Gasteiger partial charge on any atom is 0.326 e. The van der Waals surface area contributed by atoms with E-state index >= 15 is 0 Å². The Balaban J connectivity index is 2.48. The van der Waals surface area contributed by atoms with E-state index < -0.39 is 17.9 Å². The standard InChI is InChI=1S/C12H20N2O4/c1-8(15)13-7-10(16)14-11(12(17)18)9-5-3-2-4-6-9/h9,11H,2-7H2,1H3,(H,13,15)(H,14,16)(H,17,18). The second kappa shape index (κ2) is 6.98. The van der Waals surface area contributed by atoms with E-state index in [9.17, 15) is 14.4 Å². The summed E-state index contributed by atoms with van der Waals surface area (Å²) >= 11 is 0. The number of nitrogens with one attached hydrogen (secondary N) is 2. The smallest absolute Gasteiger partial charge is 0.326 e. The Labute approximate surface area is 106 Å². The van der Waals surface area contributed by atoms with Crippen molar-refractivity contribution in [3.05, 3.63) is 0 Å². The highest BCUT2D eigenvalue weighted by Crippen LogP contribution is 2.26. The van der Waals surface area contributed by atoms with Gasteiger partial charge in [-0.3, -0.25) is 9.59 Å². The summed E-state index contributed by atoms with van der Waals surface area (Å²) < 4.78 is 0. The van der Waals surface area contributed by atoms with Crippen LogP contribution in [-0.2, 0) is 14.4 Å². The molecule has 1 aliphatic carbocycles. The summed E-state index contributed by atoms with van der Waals surface area (Å²) in [5.74, 6) is -1.77. The number of hydrogen-bond donors (Lipinski definition) is 3. The summed E-state index contributed by atoms with van der Waals surface area (Å²) in [4.78, 5) is 33.3. The van der Waals surface area contributed by atoms with E-state index in [1.807, 2.05) is 0 Å². The molecule has 2 amide bonds. The van der Waals surface area contributed by atoms with Gasteiger partial charge in [0.05, 0.1) is 6.54 Å². The molecule has 0 bridgehead atoms. The highest BCUT2D eigenvalue weighted by atomic mass is 16.4. The molecular formula is C12H20N2O4. The molecule has 102 valence electrons. The number of carbonyl (C=O) groups excluding carboxylic acids is 2. The normalized spacial score (nSPS) is 17.8. The van der Waals surface area contributed by atoms with Crippen molar-refractivity contribution in [3.63, 3.8) is 0 Å². The number of hydrogen-bond acceptors (Lipinski definition) is 3. The lowest BCUT2D eigenvalue weighted by Gasteiger charge is -2.28. The van der Waals surface area contributed by atoms with Crippen molar-refractivity contribution < 1.29 is 19.5 Å². The van der Waals surface area contributed by atoms with Crippen molar-refractivity contribution in [1.29, 1.82) is 0 Å². The predicted octanol–water partition coefficient (Wildman–Crippen LogP) is 0.272. The molecule has 0 radical (unpaired) electrons. The molecule has 0 saturated heterocycles. The molecule has 0 aromatic heterocycles. The molecule has 3 N–H and O–H groups in total. The summed E-state index contributed by atoms with van der Waals surface area (Å²) in [6.45, 7) is 1.13. The van der Waals surface area contributed by atoms with E-state index in [4.69, 9.17) is 5.11 Å². The first-order valence-electron chi connectivity index (χ1n) is 6.27. The van der Waals surface area contributed by atoms with Gasteiger partial charge in [0.25, 0.3) is 0 Å². The Hall–Kier alpha value is -1.59. The predicted molar refractivity (Wildman–Crippen MR) is 64.8 cm³/mol. The van der Waals surface area contributed by atoms with Crippen LogP contribution < -0.4 is 10.6 Å². The van der Waals surface area contributed by atoms with Crippen LogP contribution in [0.4, 0.5) is 0 Å². The molecule has 1 aliphatic rings. The highest BCUT2D eigenvalue weighted by Gasteiger charge is 2.30. The molecule has 1 atom stereocenters. The summed E-state index contributed by atoms with van der Waals surface area (Å²) in [6.07, 6.45) is 4.81. The summed E-state index contributed by atoms with van der Waals surface area (Å²) in [5.41, 5.74) is 0. The molecule has 1 saturated carbocycles. The number of carboxylic acids is 1. The van der Waals surface area contributed by atoms with Crippen LogP contribution in [0.1, 0.15) is 39.0 Å². The Morgan fingerprint density at radius 1 is 1.22 bits per heavy atom. The van der Waals surface area contributed by atoms with Gasteiger partial charge in [0, 0.05) is 6.92 Å². The maximum absolute atomic E-state index is 11.5. The van der Waals surface area contributed by atoms with Crippen LogP contribution in [0.5, 0.6) is 0 Å². The van der Waals surface area contributed by atoms with Gasteiger partial charge >= 0.3 is 5.97 Å². The molecular weight excluding hydrogens is 236 g/mol. The average molecular weight is 256 g/mol. The van der Waals surface area contributed by atoms with Crippen LogP contribution in [0.25, 0.3) is 0 Å². The van der Waals surface area contributed by atoms with Gasteiger partial charge in [0.15, 0.2) is 0 Å². The minimum Gasteiger partial charge on any atom is -0.480 e. The summed E-state index contributed by atoms with van der Waals surface area (Å²) in [7, 11) is 0. The topological polar surface area (TPSA) is 95.5 Å². The van der Waals surface area contributed by atoms with Crippen LogP contribution >= 0.6 is 0 Å². The molecule has 0 aliphatic heterocycles. The first-order chi connectivity index (χ1) is 8.50. The zero-order valence-electron chi connectivity index (χ0n) is 10.6. The second-order valence-electron chi connectivity index (χ2n) is 4.69. The van der Waals surface area contributed by atoms with E-state index in [1.54, 1.807) is 0 Å². The molecule has 18 heavy (non-hydrogen) atoms. The molecule has 6 heteroatoms. The maximum atomic E-state index is 11.5. The van der Waals surface area contributed by atoms with Crippen LogP contribution in [0.15, 0.2) is 0 Å². The van der Waals surface area contributed by atoms with Gasteiger partial charge in [-0.1, -0.05) is 19.3 Å². The number of rotatable bonds is 5.